The van der Waals surface area contributed by atoms with Gasteiger partial charge < -0.3 is 5.32 Å². The van der Waals surface area contributed by atoms with Gasteiger partial charge in [0.2, 0.25) is 0 Å². The maximum absolute atomic E-state index is 4.41. The van der Waals surface area contributed by atoms with Crippen LogP contribution in [-0.4, -0.2) is 28.5 Å². The third-order valence-corrected chi connectivity index (χ3v) is 7.28. The van der Waals surface area contributed by atoms with Crippen molar-refractivity contribution in [1.29, 1.82) is 0 Å². The van der Waals surface area contributed by atoms with Crippen molar-refractivity contribution in [2.24, 2.45) is 0 Å². The second-order valence-corrected chi connectivity index (χ2v) is 9.00. The van der Waals surface area contributed by atoms with Crippen LogP contribution in [0.5, 0.6) is 0 Å². The maximum Gasteiger partial charge on any atom is 0.157 e. The molecule has 3 heterocycles. The average molecular weight is 338 g/mol. The van der Waals surface area contributed by atoms with Crippen LogP contribution < -0.4 is 5.32 Å². The Labute approximate surface area is 137 Å². The molecule has 1 fully saturated rings. The van der Waals surface area contributed by atoms with Crippen molar-refractivity contribution in [2.45, 2.75) is 43.9 Å². The molecule has 2 aromatic rings. The number of thioether (sulfide) groups is 1. The zero-order valence-electron chi connectivity index (χ0n) is 11.9. The van der Waals surface area contributed by atoms with Crippen molar-refractivity contribution in [3.63, 3.8) is 0 Å². The summed E-state index contributed by atoms with van der Waals surface area (Å²) < 4.78 is 0. The van der Waals surface area contributed by atoms with Crippen LogP contribution in [0.25, 0.3) is 9.88 Å². The molecule has 6 heteroatoms. The molecule has 2 aliphatic rings. The lowest BCUT2D eigenvalue weighted by atomic mass is 10.2. The number of rotatable bonds is 6. The molecule has 0 spiro atoms. The molecular formula is C15H19N3S3. The highest BCUT2D eigenvalue weighted by Crippen LogP contribution is 2.38. The van der Waals surface area contributed by atoms with Crippen LogP contribution in [0, 0.1) is 0 Å². The number of thiophene rings is 1. The predicted octanol–water partition coefficient (Wildman–Crippen LogP) is 3.74. The molecule has 2 aromatic heterocycles. The molecule has 1 aliphatic heterocycles. The Hall–Kier alpha value is -0.430. The van der Waals surface area contributed by atoms with Gasteiger partial charge in [0.1, 0.15) is 5.01 Å². The zero-order chi connectivity index (χ0) is 14.1. The number of nitrogens with one attached hydrogen (secondary N) is 1. The molecule has 112 valence electrons. The molecule has 4 rings (SSSR count). The van der Waals surface area contributed by atoms with E-state index < -0.39 is 0 Å². The third kappa shape index (κ3) is 3.50. The summed E-state index contributed by atoms with van der Waals surface area (Å²) in [4.78, 5) is 2.89. The highest BCUT2D eigenvalue weighted by molar-refractivity contribution is 7.98. The summed E-state index contributed by atoms with van der Waals surface area (Å²) in [5, 5.41) is 14.6. The fraction of sp³-hybridized carbons (Fsp3) is 0.600. The van der Waals surface area contributed by atoms with Gasteiger partial charge >= 0.3 is 0 Å². The average Bonchev–Trinajstić information content (AvgIpc) is 3.04. The second-order valence-electron chi connectivity index (χ2n) is 5.69. The number of aromatic nitrogens is 2. The lowest BCUT2D eigenvalue weighted by Crippen LogP contribution is -2.17. The number of aryl methyl sites for hydroxylation is 2. The summed E-state index contributed by atoms with van der Waals surface area (Å²) in [6.45, 7) is 1.12. The number of nitrogens with zero attached hydrogens (tertiary/aromatic N) is 2. The van der Waals surface area contributed by atoms with E-state index in [9.17, 15) is 0 Å². The van der Waals surface area contributed by atoms with Crippen molar-refractivity contribution >= 4 is 34.4 Å². The first-order chi connectivity index (χ1) is 10.4. The van der Waals surface area contributed by atoms with E-state index in [0.29, 0.717) is 0 Å². The summed E-state index contributed by atoms with van der Waals surface area (Å²) in [6.07, 6.45) is 6.18. The summed E-state index contributed by atoms with van der Waals surface area (Å²) in [5.41, 5.74) is 1.52. The van der Waals surface area contributed by atoms with Crippen LogP contribution in [0.1, 0.15) is 34.7 Å². The normalized spacial score (nSPS) is 17.9. The Morgan fingerprint density at radius 2 is 2.19 bits per heavy atom. The van der Waals surface area contributed by atoms with Crippen molar-refractivity contribution in [3.8, 4) is 9.88 Å². The Balaban J connectivity index is 1.37. The van der Waals surface area contributed by atoms with E-state index in [4.69, 9.17) is 0 Å². The maximum atomic E-state index is 4.41. The SMILES string of the molecule is c1c(-c2nnc(CCCNC3CC3)s2)sc2c1CSCC2. The first-order valence-corrected chi connectivity index (χ1v) is 10.4. The van der Waals surface area contributed by atoms with Crippen LogP contribution in [0.3, 0.4) is 0 Å². The van der Waals surface area contributed by atoms with Crippen LogP contribution in [0.4, 0.5) is 0 Å². The Kier molecular flexibility index (Phi) is 4.30. The van der Waals surface area contributed by atoms with E-state index >= 15 is 0 Å². The molecule has 0 saturated heterocycles. The topological polar surface area (TPSA) is 37.8 Å². The van der Waals surface area contributed by atoms with Crippen molar-refractivity contribution in [1.82, 2.24) is 15.5 Å². The van der Waals surface area contributed by atoms with Gasteiger partial charge in [-0.1, -0.05) is 11.3 Å². The first kappa shape index (κ1) is 14.2. The molecule has 0 atom stereocenters. The van der Waals surface area contributed by atoms with Gasteiger partial charge in [-0.3, -0.25) is 0 Å². The molecular weight excluding hydrogens is 318 g/mol. The molecule has 21 heavy (non-hydrogen) atoms. The predicted molar refractivity (Wildman–Crippen MR) is 92.4 cm³/mol. The van der Waals surface area contributed by atoms with Gasteiger partial charge in [-0.2, -0.15) is 11.8 Å². The minimum Gasteiger partial charge on any atom is -0.314 e. The van der Waals surface area contributed by atoms with E-state index in [1.807, 2.05) is 23.1 Å². The van der Waals surface area contributed by atoms with Gasteiger partial charge in [-0.15, -0.1) is 21.5 Å². The largest absolute Gasteiger partial charge is 0.314 e. The Morgan fingerprint density at radius 3 is 3.05 bits per heavy atom. The van der Waals surface area contributed by atoms with Crippen LogP contribution >= 0.6 is 34.4 Å². The van der Waals surface area contributed by atoms with E-state index in [1.165, 1.54) is 52.6 Å². The van der Waals surface area contributed by atoms with E-state index in [0.717, 1.165) is 24.0 Å². The molecule has 1 saturated carbocycles. The van der Waals surface area contributed by atoms with Gasteiger partial charge in [0.05, 0.1) is 4.88 Å². The van der Waals surface area contributed by atoms with Gasteiger partial charge in [0.15, 0.2) is 5.01 Å². The first-order valence-electron chi connectivity index (χ1n) is 7.64. The minimum absolute atomic E-state index is 0.810. The van der Waals surface area contributed by atoms with Crippen molar-refractivity contribution < 1.29 is 0 Å². The molecule has 0 aromatic carbocycles. The molecule has 1 aliphatic carbocycles. The lowest BCUT2D eigenvalue weighted by molar-refractivity contribution is 0.643. The smallest absolute Gasteiger partial charge is 0.157 e. The summed E-state index contributed by atoms with van der Waals surface area (Å²) >= 11 is 5.74. The molecule has 0 unspecified atom stereocenters. The standard InChI is InChI=1S/C15H19N3S3/c1(6-16-11-3-4-11)2-14-17-18-15(21-14)13-8-10-9-19-7-5-12(10)20-13/h8,11,16H,1-7,9H2. The molecule has 1 N–H and O–H groups in total. The van der Waals surface area contributed by atoms with Crippen LogP contribution in [-0.2, 0) is 18.6 Å². The summed E-state index contributed by atoms with van der Waals surface area (Å²) in [5.74, 6) is 2.44. The van der Waals surface area contributed by atoms with Gasteiger partial charge in [0, 0.05) is 23.1 Å². The number of fused-ring (bicyclic) bond motifs is 1. The fourth-order valence-corrected chi connectivity index (χ4v) is 5.83. The zero-order valence-corrected chi connectivity index (χ0v) is 14.4. The molecule has 0 bridgehead atoms. The van der Waals surface area contributed by atoms with Crippen LogP contribution in [0.15, 0.2) is 6.07 Å². The molecule has 3 nitrogen and oxygen atoms in total. The molecule has 0 amide bonds. The van der Waals surface area contributed by atoms with Crippen molar-refractivity contribution in [3.05, 3.63) is 21.5 Å². The Bertz CT molecular complexity index is 592. The van der Waals surface area contributed by atoms with E-state index in [-0.39, 0.29) is 0 Å². The summed E-state index contributed by atoms with van der Waals surface area (Å²) in [7, 11) is 0. The second kappa shape index (κ2) is 6.36. The van der Waals surface area contributed by atoms with Gasteiger partial charge in [0.25, 0.3) is 0 Å². The highest BCUT2D eigenvalue weighted by Gasteiger charge is 2.20. The van der Waals surface area contributed by atoms with E-state index in [1.54, 1.807) is 16.2 Å². The highest BCUT2D eigenvalue weighted by atomic mass is 32.2. The quantitative estimate of drug-likeness (QED) is 0.815. The summed E-state index contributed by atoms with van der Waals surface area (Å²) in [6, 6.07) is 3.15. The molecule has 0 radical (unpaired) electrons. The van der Waals surface area contributed by atoms with Gasteiger partial charge in [-0.05, 0) is 49.6 Å². The van der Waals surface area contributed by atoms with E-state index in [2.05, 4.69) is 21.6 Å². The Morgan fingerprint density at radius 1 is 1.24 bits per heavy atom. The van der Waals surface area contributed by atoms with Crippen LogP contribution in [0.2, 0.25) is 0 Å². The number of hydrogen-bond donors (Lipinski definition) is 1. The number of hydrogen-bond acceptors (Lipinski definition) is 6. The lowest BCUT2D eigenvalue weighted by Gasteiger charge is -2.08. The third-order valence-electron chi connectivity index (χ3n) is 3.88. The van der Waals surface area contributed by atoms with Crippen molar-refractivity contribution in [2.75, 3.05) is 12.3 Å². The fourth-order valence-electron chi connectivity index (χ4n) is 2.54. The van der Waals surface area contributed by atoms with Gasteiger partial charge in [-0.25, -0.2) is 0 Å². The monoisotopic (exact) mass is 337 g/mol. The minimum atomic E-state index is 0.810.